The lowest BCUT2D eigenvalue weighted by Gasteiger charge is -2.41. The summed E-state index contributed by atoms with van der Waals surface area (Å²) in [4.78, 5) is 34.8. The first kappa shape index (κ1) is 19.5. The molecule has 0 radical (unpaired) electrons. The molecule has 2 N–H and O–H groups in total. The van der Waals surface area contributed by atoms with Crippen LogP contribution in [0.5, 0.6) is 0 Å². The van der Waals surface area contributed by atoms with Crippen LogP contribution in [0.15, 0.2) is 24.5 Å². The van der Waals surface area contributed by atoms with Crippen LogP contribution in [0.2, 0.25) is 0 Å². The van der Waals surface area contributed by atoms with Crippen LogP contribution in [0, 0.1) is 0 Å². The molecular formula is C19H24N6O4. The molecule has 29 heavy (non-hydrogen) atoms. The molecule has 2 aromatic rings. The minimum absolute atomic E-state index is 0.0276. The lowest BCUT2D eigenvalue weighted by atomic mass is 9.98. The van der Waals surface area contributed by atoms with Crippen molar-refractivity contribution in [2.75, 3.05) is 20.3 Å². The van der Waals surface area contributed by atoms with E-state index in [1.54, 1.807) is 24.2 Å². The van der Waals surface area contributed by atoms with Gasteiger partial charge in [0, 0.05) is 25.5 Å². The van der Waals surface area contributed by atoms with Crippen molar-refractivity contribution in [3.63, 3.8) is 0 Å². The minimum Gasteiger partial charge on any atom is -0.383 e. The molecule has 0 spiro atoms. The number of nitrogens with zero attached hydrogens (tertiary/aromatic N) is 5. The lowest BCUT2D eigenvalue weighted by Crippen LogP contribution is -2.47. The second-order valence-corrected chi connectivity index (χ2v) is 7.24. The van der Waals surface area contributed by atoms with Gasteiger partial charge in [-0.25, -0.2) is 9.67 Å². The Bertz CT molecular complexity index is 882. The molecule has 4 rings (SSSR count). The van der Waals surface area contributed by atoms with Gasteiger partial charge in [-0.1, -0.05) is 6.07 Å². The molecule has 2 amide bonds. The second kappa shape index (κ2) is 8.26. The zero-order valence-electron chi connectivity index (χ0n) is 16.2. The molecule has 0 unspecified atom stereocenters. The summed E-state index contributed by atoms with van der Waals surface area (Å²) in [5.74, 6) is 0.318. The van der Waals surface area contributed by atoms with E-state index in [0.29, 0.717) is 24.8 Å². The van der Waals surface area contributed by atoms with E-state index >= 15 is 0 Å². The number of morpholine rings is 1. The molecule has 1 aliphatic heterocycles. The van der Waals surface area contributed by atoms with Crippen LogP contribution in [0.1, 0.15) is 42.2 Å². The lowest BCUT2D eigenvalue weighted by molar-refractivity contribution is -0.160. The van der Waals surface area contributed by atoms with E-state index in [1.807, 2.05) is 17.0 Å². The van der Waals surface area contributed by atoms with E-state index in [9.17, 15) is 9.59 Å². The molecule has 1 aliphatic carbocycles. The summed E-state index contributed by atoms with van der Waals surface area (Å²) in [7, 11) is 1.60. The van der Waals surface area contributed by atoms with Crippen LogP contribution in [0.4, 0.5) is 0 Å². The van der Waals surface area contributed by atoms with Gasteiger partial charge in [0.05, 0.1) is 25.6 Å². The van der Waals surface area contributed by atoms with Crippen LogP contribution in [-0.4, -0.2) is 62.8 Å². The number of aromatic nitrogens is 4. The predicted molar refractivity (Wildman–Crippen MR) is 100 cm³/mol. The Morgan fingerprint density at radius 2 is 2.24 bits per heavy atom. The highest BCUT2D eigenvalue weighted by atomic mass is 16.5. The summed E-state index contributed by atoms with van der Waals surface area (Å²) in [5.41, 5.74) is 6.19. The van der Waals surface area contributed by atoms with Gasteiger partial charge in [0.15, 0.2) is 11.6 Å². The normalized spacial score (nSPS) is 22.1. The van der Waals surface area contributed by atoms with E-state index in [-0.39, 0.29) is 31.0 Å². The number of pyridine rings is 1. The molecular weight excluding hydrogens is 376 g/mol. The summed E-state index contributed by atoms with van der Waals surface area (Å²) in [6.45, 7) is 0.830. The van der Waals surface area contributed by atoms with Crippen molar-refractivity contribution in [1.29, 1.82) is 0 Å². The predicted octanol–water partition coefficient (Wildman–Crippen LogP) is 0.151. The third-order valence-corrected chi connectivity index (χ3v) is 5.07. The number of amides is 2. The quantitative estimate of drug-likeness (QED) is 0.668. The van der Waals surface area contributed by atoms with Crippen LogP contribution >= 0.6 is 0 Å². The number of carbonyl (C=O) groups excluding carboxylic acids is 2. The van der Waals surface area contributed by atoms with Crippen LogP contribution in [0.25, 0.3) is 0 Å². The number of primary amides is 1. The number of hydrogen-bond donors (Lipinski definition) is 1. The summed E-state index contributed by atoms with van der Waals surface area (Å²) >= 11 is 0. The number of ether oxygens (including phenoxy) is 2. The molecule has 2 atom stereocenters. The highest BCUT2D eigenvalue weighted by Crippen LogP contribution is 2.44. The van der Waals surface area contributed by atoms with E-state index < -0.39 is 12.0 Å². The van der Waals surface area contributed by atoms with Gasteiger partial charge >= 0.3 is 0 Å². The Kier molecular flexibility index (Phi) is 5.54. The van der Waals surface area contributed by atoms with E-state index in [4.69, 9.17) is 15.2 Å². The van der Waals surface area contributed by atoms with Crippen LogP contribution in [-0.2, 0) is 32.0 Å². The Hall–Kier alpha value is -2.85. The van der Waals surface area contributed by atoms with Crippen LogP contribution in [0.3, 0.4) is 0 Å². The molecule has 2 aliphatic rings. The maximum absolute atomic E-state index is 12.7. The zero-order valence-corrected chi connectivity index (χ0v) is 16.2. The number of methoxy groups -OCH3 is 1. The van der Waals surface area contributed by atoms with Crippen molar-refractivity contribution in [2.45, 2.75) is 44.0 Å². The maximum atomic E-state index is 12.7. The average Bonchev–Trinajstić information content (AvgIpc) is 3.47. The molecule has 10 nitrogen and oxygen atoms in total. The van der Waals surface area contributed by atoms with Gasteiger partial charge in [-0.3, -0.25) is 14.6 Å². The fourth-order valence-corrected chi connectivity index (χ4v) is 3.70. The molecule has 3 heterocycles. The van der Waals surface area contributed by atoms with Gasteiger partial charge in [0.1, 0.15) is 12.7 Å². The fraction of sp³-hybridized carbons (Fsp3) is 0.526. The van der Waals surface area contributed by atoms with E-state index in [1.165, 1.54) is 0 Å². The molecule has 10 heteroatoms. The molecule has 0 aromatic carbocycles. The number of hydrogen-bond acceptors (Lipinski definition) is 7. The zero-order chi connectivity index (χ0) is 20.4. The second-order valence-electron chi connectivity index (χ2n) is 7.24. The smallest absolute Gasteiger partial charge is 0.249 e. The van der Waals surface area contributed by atoms with E-state index in [0.717, 1.165) is 18.4 Å². The van der Waals surface area contributed by atoms with Crippen molar-refractivity contribution in [3.05, 3.63) is 41.7 Å². The summed E-state index contributed by atoms with van der Waals surface area (Å²) in [5, 5.41) is 4.42. The SMILES string of the molecule is COCCn1nc(CC(N)=O)nc1[C@H]1OCC(=O)N(C2CC2)[C@@H]1c1cccnc1. The third kappa shape index (κ3) is 4.13. The minimum atomic E-state index is -0.538. The molecule has 1 saturated heterocycles. The third-order valence-electron chi connectivity index (χ3n) is 5.07. The Balaban J connectivity index is 1.75. The largest absolute Gasteiger partial charge is 0.383 e. The summed E-state index contributed by atoms with van der Waals surface area (Å²) in [6, 6.07) is 3.59. The fourth-order valence-electron chi connectivity index (χ4n) is 3.70. The first-order chi connectivity index (χ1) is 14.1. The highest BCUT2D eigenvalue weighted by molar-refractivity contribution is 5.79. The first-order valence-corrected chi connectivity index (χ1v) is 9.62. The average molecular weight is 400 g/mol. The summed E-state index contributed by atoms with van der Waals surface area (Å²) < 4.78 is 12.8. The number of rotatable bonds is 8. The van der Waals surface area contributed by atoms with Gasteiger partial charge in [-0.15, -0.1) is 0 Å². The monoisotopic (exact) mass is 400 g/mol. The van der Waals surface area contributed by atoms with Gasteiger partial charge < -0.3 is 20.1 Å². The Labute approximate surface area is 168 Å². The first-order valence-electron chi connectivity index (χ1n) is 9.62. The molecule has 154 valence electrons. The van der Waals surface area contributed by atoms with Crippen molar-refractivity contribution < 1.29 is 19.1 Å². The number of nitrogens with two attached hydrogens (primary N) is 1. The van der Waals surface area contributed by atoms with Crippen molar-refractivity contribution >= 4 is 11.8 Å². The Morgan fingerprint density at radius 1 is 1.41 bits per heavy atom. The molecule has 2 aromatic heterocycles. The number of carbonyl (C=O) groups is 2. The topological polar surface area (TPSA) is 125 Å². The molecule has 0 bridgehead atoms. The van der Waals surface area contributed by atoms with Crippen molar-refractivity contribution in [1.82, 2.24) is 24.6 Å². The van der Waals surface area contributed by atoms with Crippen LogP contribution < -0.4 is 5.73 Å². The van der Waals surface area contributed by atoms with Gasteiger partial charge in [-0.2, -0.15) is 5.10 Å². The van der Waals surface area contributed by atoms with Crippen molar-refractivity contribution in [2.24, 2.45) is 5.73 Å². The maximum Gasteiger partial charge on any atom is 0.249 e. The van der Waals surface area contributed by atoms with Gasteiger partial charge in [-0.05, 0) is 24.5 Å². The molecule has 2 fully saturated rings. The molecule has 1 saturated carbocycles. The van der Waals surface area contributed by atoms with Gasteiger partial charge in [0.2, 0.25) is 11.8 Å². The van der Waals surface area contributed by atoms with E-state index in [2.05, 4.69) is 15.1 Å². The van der Waals surface area contributed by atoms with Gasteiger partial charge in [0.25, 0.3) is 0 Å². The standard InChI is InChI=1S/C19H24N6O4/c1-28-8-7-24-19(22-15(23-24)9-14(20)26)18-17(12-3-2-6-21-10-12)25(13-4-5-13)16(27)11-29-18/h2-3,6,10,13,17-18H,4-5,7-9,11H2,1H3,(H2,20,26)/t17-,18+/m1/s1. The summed E-state index contributed by atoms with van der Waals surface area (Å²) in [6.07, 6.45) is 4.77. The highest BCUT2D eigenvalue weighted by Gasteiger charge is 2.47. The van der Waals surface area contributed by atoms with Crippen molar-refractivity contribution in [3.8, 4) is 0 Å². The Morgan fingerprint density at radius 3 is 2.90 bits per heavy atom.